The molecule has 3 aromatic carbocycles. The van der Waals surface area contributed by atoms with Crippen LogP contribution in [0.1, 0.15) is 34.0 Å². The molecule has 172 valence electrons. The average molecular weight is 456 g/mol. The normalized spacial score (nSPS) is 17.2. The Morgan fingerprint density at radius 3 is 1.88 bits per heavy atom. The van der Waals surface area contributed by atoms with Gasteiger partial charge >= 0.3 is 0 Å². The molecule has 3 aromatic rings. The minimum absolute atomic E-state index is 0.0846. The summed E-state index contributed by atoms with van der Waals surface area (Å²) in [5.41, 5.74) is 0.453. The quantitative estimate of drug-likeness (QED) is 0.214. The summed E-state index contributed by atoms with van der Waals surface area (Å²) in [5, 5.41) is 78.6. The maximum absolute atomic E-state index is 12.9. The van der Waals surface area contributed by atoms with Gasteiger partial charge in [-0.2, -0.15) is 0 Å². The molecule has 0 saturated carbocycles. The van der Waals surface area contributed by atoms with E-state index in [0.29, 0.717) is 5.56 Å². The summed E-state index contributed by atoms with van der Waals surface area (Å²) < 4.78 is 5.93. The molecule has 1 unspecified atom stereocenters. The van der Waals surface area contributed by atoms with Crippen molar-refractivity contribution in [1.29, 1.82) is 0 Å². The molecule has 0 bridgehead atoms. The van der Waals surface area contributed by atoms with Gasteiger partial charge in [0.2, 0.25) is 0 Å². The average Bonchev–Trinajstić information content (AvgIpc) is 2.75. The molecule has 1 aliphatic heterocycles. The summed E-state index contributed by atoms with van der Waals surface area (Å²) in [5.74, 6) is -5.67. The van der Waals surface area contributed by atoms with Gasteiger partial charge in [-0.15, -0.1) is 0 Å². The zero-order valence-electron chi connectivity index (χ0n) is 16.9. The van der Waals surface area contributed by atoms with Gasteiger partial charge in [0, 0.05) is 41.2 Å². The first-order valence-electron chi connectivity index (χ1n) is 9.79. The molecule has 1 aliphatic rings. The first kappa shape index (κ1) is 21.8. The number of rotatable bonds is 4. The van der Waals surface area contributed by atoms with E-state index in [1.54, 1.807) is 0 Å². The van der Waals surface area contributed by atoms with Crippen LogP contribution in [-0.2, 0) is 6.42 Å². The molecule has 0 saturated heterocycles. The number of hydrogen-bond donors (Lipinski definition) is 8. The second-order valence-electron chi connectivity index (χ2n) is 7.84. The van der Waals surface area contributed by atoms with Crippen LogP contribution < -0.4 is 4.74 Å². The highest BCUT2D eigenvalue weighted by Gasteiger charge is 2.36. The van der Waals surface area contributed by atoms with Gasteiger partial charge in [-0.1, -0.05) is 0 Å². The van der Waals surface area contributed by atoms with E-state index in [4.69, 9.17) is 4.74 Å². The Morgan fingerprint density at radius 2 is 1.30 bits per heavy atom. The summed E-state index contributed by atoms with van der Waals surface area (Å²) in [6, 6.07) is 6.70. The van der Waals surface area contributed by atoms with Crippen LogP contribution in [0, 0.1) is 5.92 Å². The van der Waals surface area contributed by atoms with Gasteiger partial charge < -0.3 is 45.6 Å². The van der Waals surface area contributed by atoms with Crippen molar-refractivity contribution in [2.75, 3.05) is 0 Å². The molecule has 10 heteroatoms. The van der Waals surface area contributed by atoms with Crippen molar-refractivity contribution in [3.63, 3.8) is 0 Å². The number of carbonyl (C=O) groups is 1. The molecule has 0 spiro atoms. The largest absolute Gasteiger partial charge is 0.508 e. The standard InChI is InChI=1S/C23H20O10/c24-12-7-15(26)13-1-10(4-14(25)9-2-16(27)21(31)17(28)3-9)23(33-20(13)8-12)11-5-18(29)22(32)19(30)6-11/h2-3,5-8,10,23-24,26-32H,1,4H2/t10?,23-/m0/s1. The van der Waals surface area contributed by atoms with Crippen molar-refractivity contribution >= 4 is 5.78 Å². The lowest BCUT2D eigenvalue weighted by molar-refractivity contribution is 0.0796. The number of hydrogen-bond acceptors (Lipinski definition) is 10. The number of ether oxygens (including phenoxy) is 1. The van der Waals surface area contributed by atoms with Gasteiger partial charge in [-0.3, -0.25) is 4.79 Å². The van der Waals surface area contributed by atoms with Gasteiger partial charge in [-0.05, 0) is 30.7 Å². The second-order valence-corrected chi connectivity index (χ2v) is 7.84. The number of ketones is 1. The Kier molecular flexibility index (Phi) is 5.21. The van der Waals surface area contributed by atoms with Crippen molar-refractivity contribution in [1.82, 2.24) is 0 Å². The molecule has 0 radical (unpaired) electrons. The maximum atomic E-state index is 12.9. The highest BCUT2D eigenvalue weighted by molar-refractivity contribution is 5.97. The minimum Gasteiger partial charge on any atom is -0.508 e. The van der Waals surface area contributed by atoms with Gasteiger partial charge in [0.15, 0.2) is 40.3 Å². The van der Waals surface area contributed by atoms with Gasteiger partial charge in [0.05, 0.1) is 0 Å². The molecule has 33 heavy (non-hydrogen) atoms. The molecule has 0 aromatic heterocycles. The number of carbonyl (C=O) groups excluding carboxylic acids is 1. The van der Waals surface area contributed by atoms with E-state index in [2.05, 4.69) is 0 Å². The summed E-state index contributed by atoms with van der Waals surface area (Å²) in [4.78, 5) is 12.9. The summed E-state index contributed by atoms with van der Waals surface area (Å²) in [7, 11) is 0. The summed E-state index contributed by atoms with van der Waals surface area (Å²) in [6.45, 7) is 0. The van der Waals surface area contributed by atoms with E-state index >= 15 is 0 Å². The summed E-state index contributed by atoms with van der Waals surface area (Å²) in [6.07, 6.45) is -1.09. The molecular formula is C23H20O10. The smallest absolute Gasteiger partial charge is 0.200 e. The number of Topliss-reactive ketones (excluding diaryl/α,β-unsaturated/α-hetero) is 1. The van der Waals surface area contributed by atoms with Crippen molar-refractivity contribution in [3.05, 3.63) is 53.1 Å². The maximum Gasteiger partial charge on any atom is 0.200 e. The van der Waals surface area contributed by atoms with E-state index in [1.165, 1.54) is 6.07 Å². The van der Waals surface area contributed by atoms with Crippen molar-refractivity contribution < 1.29 is 50.4 Å². The molecule has 10 nitrogen and oxygen atoms in total. The van der Waals surface area contributed by atoms with Crippen LogP contribution in [0.2, 0.25) is 0 Å². The second kappa shape index (κ2) is 7.90. The van der Waals surface area contributed by atoms with Crippen LogP contribution in [0.5, 0.6) is 51.7 Å². The SMILES string of the molecule is O=C(CC1Cc2c(O)cc(O)cc2O[C@@H]1c1cc(O)c(O)c(O)c1)c1cc(O)c(O)c(O)c1. The van der Waals surface area contributed by atoms with Gasteiger partial charge in [-0.25, -0.2) is 0 Å². The Labute approximate surface area is 186 Å². The van der Waals surface area contributed by atoms with E-state index in [-0.39, 0.29) is 41.2 Å². The minimum atomic E-state index is -0.959. The molecule has 8 N–H and O–H groups in total. The lowest BCUT2D eigenvalue weighted by Gasteiger charge is -2.34. The van der Waals surface area contributed by atoms with E-state index in [9.17, 15) is 45.6 Å². The topological polar surface area (TPSA) is 188 Å². The van der Waals surface area contributed by atoms with Crippen LogP contribution in [0.15, 0.2) is 36.4 Å². The molecule has 0 amide bonds. The van der Waals surface area contributed by atoms with Crippen LogP contribution in [0.25, 0.3) is 0 Å². The number of phenols is 8. The van der Waals surface area contributed by atoms with Gasteiger partial charge in [0.1, 0.15) is 23.4 Å². The summed E-state index contributed by atoms with van der Waals surface area (Å²) >= 11 is 0. The number of aromatic hydroxyl groups is 8. The third-order valence-electron chi connectivity index (χ3n) is 5.58. The highest BCUT2D eigenvalue weighted by atomic mass is 16.5. The first-order valence-corrected chi connectivity index (χ1v) is 9.79. The lowest BCUT2D eigenvalue weighted by Crippen LogP contribution is -2.28. The van der Waals surface area contributed by atoms with E-state index in [1.807, 2.05) is 0 Å². The van der Waals surface area contributed by atoms with E-state index in [0.717, 1.165) is 30.3 Å². The van der Waals surface area contributed by atoms with Crippen LogP contribution in [-0.4, -0.2) is 46.6 Å². The first-order chi connectivity index (χ1) is 15.5. The fraction of sp³-hybridized carbons (Fsp3) is 0.174. The predicted octanol–water partition coefficient (Wildman–Crippen LogP) is 2.90. The number of benzene rings is 3. The third kappa shape index (κ3) is 3.93. The Hall–Kier alpha value is -4.47. The molecule has 1 heterocycles. The predicted molar refractivity (Wildman–Crippen MR) is 112 cm³/mol. The van der Waals surface area contributed by atoms with Crippen LogP contribution in [0.4, 0.5) is 0 Å². The zero-order valence-corrected chi connectivity index (χ0v) is 16.9. The van der Waals surface area contributed by atoms with Crippen LogP contribution >= 0.6 is 0 Å². The Bertz CT molecular complexity index is 1220. The monoisotopic (exact) mass is 456 g/mol. The lowest BCUT2D eigenvalue weighted by atomic mass is 9.82. The Balaban J connectivity index is 1.75. The van der Waals surface area contributed by atoms with Crippen LogP contribution in [0.3, 0.4) is 0 Å². The zero-order chi connectivity index (χ0) is 24.0. The highest BCUT2D eigenvalue weighted by Crippen LogP contribution is 2.48. The molecule has 4 rings (SSSR count). The third-order valence-corrected chi connectivity index (χ3v) is 5.58. The van der Waals surface area contributed by atoms with Gasteiger partial charge in [0.25, 0.3) is 0 Å². The fourth-order valence-corrected chi connectivity index (χ4v) is 3.96. The van der Waals surface area contributed by atoms with Crippen molar-refractivity contribution in [3.8, 4) is 51.7 Å². The van der Waals surface area contributed by atoms with Crippen molar-refractivity contribution in [2.45, 2.75) is 18.9 Å². The molecular weight excluding hydrogens is 436 g/mol. The molecule has 2 atom stereocenters. The van der Waals surface area contributed by atoms with Crippen molar-refractivity contribution in [2.24, 2.45) is 5.92 Å². The molecule has 0 aliphatic carbocycles. The number of phenolic OH excluding ortho intramolecular Hbond substituents is 8. The number of fused-ring (bicyclic) bond motifs is 1. The molecule has 0 fully saturated rings. The fourth-order valence-electron chi connectivity index (χ4n) is 3.96. The van der Waals surface area contributed by atoms with E-state index < -0.39 is 52.3 Å². The Morgan fingerprint density at radius 1 is 0.758 bits per heavy atom.